The first-order chi connectivity index (χ1) is 5.25. The fourth-order valence-electron chi connectivity index (χ4n) is 0.840. The largest absolute Gasteiger partial charge is 0.0616 e. The predicted molar refractivity (Wildman–Crippen MR) is 66.8 cm³/mol. The maximum absolute atomic E-state index is 2.35. The predicted octanol–water partition coefficient (Wildman–Crippen LogP) is 4.09. The van der Waals surface area contributed by atoms with Crippen LogP contribution in [0.1, 0.15) is 12.5 Å². The second-order valence-corrected chi connectivity index (χ2v) is 4.06. The molecule has 11 heavy (non-hydrogen) atoms. The summed E-state index contributed by atoms with van der Waals surface area (Å²) in [5.41, 5.74) is 2.66. The van der Waals surface area contributed by atoms with Crippen LogP contribution < -0.4 is 0 Å². The maximum Gasteiger partial charge on any atom is 0.0205 e. The quantitative estimate of drug-likeness (QED) is 0.654. The van der Waals surface area contributed by atoms with E-state index in [1.807, 2.05) is 0 Å². The van der Waals surface area contributed by atoms with Crippen LogP contribution in [0.15, 0.2) is 28.3 Å². The van der Waals surface area contributed by atoms with E-state index in [-0.39, 0.29) is 0 Å². The zero-order valence-corrected chi connectivity index (χ0v) is 10.5. The molecule has 2 heteroatoms. The van der Waals surface area contributed by atoms with Gasteiger partial charge in [-0.1, -0.05) is 40.8 Å². The van der Waals surface area contributed by atoms with Crippen molar-refractivity contribution < 1.29 is 0 Å². The molecule has 0 fully saturated rings. The first-order valence-corrected chi connectivity index (χ1v) is 5.60. The smallest absolute Gasteiger partial charge is 0.0205 e. The molecule has 0 aromatic heterocycles. The summed E-state index contributed by atoms with van der Waals surface area (Å²) in [5.74, 6) is 0. The zero-order chi connectivity index (χ0) is 8.27. The minimum Gasteiger partial charge on any atom is -0.0616 e. The monoisotopic (exact) mass is 370 g/mol. The molecular weight excluding hydrogens is 362 g/mol. The van der Waals surface area contributed by atoms with Gasteiger partial charge in [0.25, 0.3) is 0 Å². The molecule has 0 heterocycles. The average Bonchev–Trinajstić information content (AvgIpc) is 2.04. The second-order valence-electron chi connectivity index (χ2n) is 2.27. The Kier molecular flexibility index (Phi) is 3.84. The summed E-state index contributed by atoms with van der Waals surface area (Å²) >= 11 is 4.62. The Balaban J connectivity index is 3.14. The topological polar surface area (TPSA) is 0 Å². The van der Waals surface area contributed by atoms with Crippen molar-refractivity contribution in [3.05, 3.63) is 37.5 Å². The fraction of sp³-hybridized carbons (Fsp3) is 0.111. The van der Waals surface area contributed by atoms with Crippen molar-refractivity contribution >= 4 is 50.8 Å². The van der Waals surface area contributed by atoms with Crippen molar-refractivity contribution in [2.24, 2.45) is 0 Å². The Morgan fingerprint density at radius 2 is 2.00 bits per heavy atom. The number of allylic oxidation sites excluding steroid dienone is 1. The molecule has 1 aromatic carbocycles. The van der Waals surface area contributed by atoms with E-state index in [0.717, 1.165) is 0 Å². The molecular formula is C9H8I2. The Labute approximate surface area is 94.4 Å². The lowest BCUT2D eigenvalue weighted by molar-refractivity contribution is 1.53. The van der Waals surface area contributed by atoms with Gasteiger partial charge in [-0.15, -0.1) is 0 Å². The van der Waals surface area contributed by atoms with Crippen LogP contribution in [0, 0.1) is 3.57 Å². The van der Waals surface area contributed by atoms with Gasteiger partial charge in [-0.2, -0.15) is 0 Å². The van der Waals surface area contributed by atoms with Crippen LogP contribution in [-0.2, 0) is 0 Å². The van der Waals surface area contributed by atoms with Gasteiger partial charge in [0.1, 0.15) is 0 Å². The number of rotatable bonds is 1. The fourth-order valence-corrected chi connectivity index (χ4v) is 1.99. The third-order valence-corrected chi connectivity index (χ3v) is 3.34. The Morgan fingerprint density at radius 3 is 2.55 bits per heavy atom. The third kappa shape index (κ3) is 2.43. The summed E-state index contributed by atoms with van der Waals surface area (Å²) in [6.07, 6.45) is 0. The van der Waals surface area contributed by atoms with Crippen molar-refractivity contribution in [1.29, 1.82) is 0 Å². The molecule has 0 saturated carbocycles. The van der Waals surface area contributed by atoms with E-state index in [1.54, 1.807) is 0 Å². The minimum absolute atomic E-state index is 1.32. The summed E-state index contributed by atoms with van der Waals surface area (Å²) < 4.78 is 3.42. The molecule has 0 bridgehead atoms. The van der Waals surface area contributed by atoms with Crippen LogP contribution in [0.25, 0.3) is 5.57 Å². The summed E-state index contributed by atoms with van der Waals surface area (Å²) in [7, 11) is 0. The van der Waals surface area contributed by atoms with E-state index in [2.05, 4.69) is 80.5 Å². The Morgan fingerprint density at radius 1 is 1.36 bits per heavy atom. The lowest BCUT2D eigenvalue weighted by atomic mass is 10.1. The molecule has 0 nitrogen and oxygen atoms in total. The van der Waals surface area contributed by atoms with Crippen molar-refractivity contribution in [2.45, 2.75) is 6.92 Å². The highest BCUT2D eigenvalue weighted by Gasteiger charge is 1.97. The molecule has 0 N–H and O–H groups in total. The Hall–Kier alpha value is 0.420. The first kappa shape index (κ1) is 9.51. The van der Waals surface area contributed by atoms with Gasteiger partial charge in [-0.3, -0.25) is 0 Å². The molecule has 0 saturated heterocycles. The van der Waals surface area contributed by atoms with Crippen LogP contribution >= 0.6 is 45.2 Å². The van der Waals surface area contributed by atoms with Crippen LogP contribution in [0.4, 0.5) is 0 Å². The molecule has 0 amide bonds. The number of benzene rings is 1. The van der Waals surface area contributed by atoms with E-state index >= 15 is 0 Å². The maximum atomic E-state index is 2.35. The molecule has 1 aromatic rings. The number of halogens is 2. The highest BCUT2D eigenvalue weighted by Crippen LogP contribution is 2.20. The van der Waals surface area contributed by atoms with Crippen LogP contribution in [-0.4, -0.2) is 0 Å². The van der Waals surface area contributed by atoms with Crippen molar-refractivity contribution in [3.8, 4) is 0 Å². The van der Waals surface area contributed by atoms with Gasteiger partial charge in [0, 0.05) is 3.57 Å². The van der Waals surface area contributed by atoms with Crippen molar-refractivity contribution in [1.82, 2.24) is 0 Å². The van der Waals surface area contributed by atoms with Crippen LogP contribution in [0.5, 0.6) is 0 Å². The minimum atomic E-state index is 1.32. The molecule has 1 rings (SSSR count). The lowest BCUT2D eigenvalue weighted by Gasteiger charge is -2.01. The molecule has 0 radical (unpaired) electrons. The van der Waals surface area contributed by atoms with Crippen molar-refractivity contribution in [3.63, 3.8) is 0 Å². The summed E-state index contributed by atoms with van der Waals surface area (Å²) in [4.78, 5) is 0. The normalized spacial score (nSPS) is 11.7. The number of hydrogen-bond donors (Lipinski definition) is 0. The highest BCUT2D eigenvalue weighted by atomic mass is 127. The Bertz CT molecular complexity index is 277. The van der Waals surface area contributed by atoms with E-state index in [4.69, 9.17) is 0 Å². The lowest BCUT2D eigenvalue weighted by Crippen LogP contribution is -1.82. The molecule has 0 aliphatic heterocycles. The van der Waals surface area contributed by atoms with Crippen LogP contribution in [0.2, 0.25) is 0 Å². The van der Waals surface area contributed by atoms with E-state index < -0.39 is 0 Å². The summed E-state index contributed by atoms with van der Waals surface area (Å²) in [6, 6.07) is 8.40. The SMILES string of the molecule is C/C(=C/I)c1ccccc1I. The van der Waals surface area contributed by atoms with Gasteiger partial charge in [-0.05, 0) is 50.8 Å². The summed E-state index contributed by atoms with van der Waals surface area (Å²) in [6.45, 7) is 2.13. The molecule has 0 unspecified atom stereocenters. The van der Waals surface area contributed by atoms with E-state index in [9.17, 15) is 0 Å². The van der Waals surface area contributed by atoms with Gasteiger partial charge < -0.3 is 0 Å². The number of hydrogen-bond acceptors (Lipinski definition) is 0. The van der Waals surface area contributed by atoms with Gasteiger partial charge in [0.2, 0.25) is 0 Å². The second kappa shape index (κ2) is 4.45. The van der Waals surface area contributed by atoms with Gasteiger partial charge in [0.05, 0.1) is 0 Å². The van der Waals surface area contributed by atoms with E-state index in [1.165, 1.54) is 14.7 Å². The zero-order valence-electron chi connectivity index (χ0n) is 6.14. The van der Waals surface area contributed by atoms with E-state index in [0.29, 0.717) is 0 Å². The molecule has 0 aliphatic carbocycles. The van der Waals surface area contributed by atoms with Gasteiger partial charge >= 0.3 is 0 Å². The standard InChI is InChI=1S/C9H8I2/c1-7(6-10)8-4-2-3-5-9(8)11/h2-6H,1H3/b7-6-. The average molecular weight is 370 g/mol. The first-order valence-electron chi connectivity index (χ1n) is 3.27. The van der Waals surface area contributed by atoms with Crippen LogP contribution in [0.3, 0.4) is 0 Å². The summed E-state index contributed by atoms with van der Waals surface area (Å²) in [5, 5.41) is 0. The molecule has 0 aliphatic rings. The van der Waals surface area contributed by atoms with Gasteiger partial charge in [0.15, 0.2) is 0 Å². The highest BCUT2D eigenvalue weighted by molar-refractivity contribution is 14.1. The molecule has 0 spiro atoms. The third-order valence-electron chi connectivity index (χ3n) is 1.46. The molecule has 58 valence electrons. The van der Waals surface area contributed by atoms with Crippen molar-refractivity contribution in [2.75, 3.05) is 0 Å². The molecule has 0 atom stereocenters. The van der Waals surface area contributed by atoms with Gasteiger partial charge in [-0.25, -0.2) is 0 Å².